The van der Waals surface area contributed by atoms with Crippen LogP contribution in [0.4, 0.5) is 0 Å². The number of fused-ring (bicyclic) bond motifs is 1. The molecule has 3 rings (SSSR count). The van der Waals surface area contributed by atoms with Crippen LogP contribution in [0.3, 0.4) is 0 Å². The van der Waals surface area contributed by atoms with Crippen LogP contribution in [0.25, 0.3) is 11.2 Å². The number of aryl methyl sites for hydroxylation is 3. The van der Waals surface area contributed by atoms with Gasteiger partial charge in [0, 0.05) is 19.2 Å². The fraction of sp³-hybridized carbons (Fsp3) is 0.286. The summed E-state index contributed by atoms with van der Waals surface area (Å²) in [7, 11) is 1.72. The molecular formula is C21H20N4O2. The van der Waals surface area contributed by atoms with Crippen LogP contribution < -0.4 is 11.2 Å². The van der Waals surface area contributed by atoms with Gasteiger partial charge < -0.3 is 4.57 Å². The lowest BCUT2D eigenvalue weighted by molar-refractivity contribution is 0.597. The van der Waals surface area contributed by atoms with Crippen molar-refractivity contribution in [2.45, 2.75) is 33.4 Å². The number of nitrogens with zero attached hydrogens (tertiary/aromatic N) is 4. The molecule has 0 N–H and O–H groups in total. The van der Waals surface area contributed by atoms with Crippen LogP contribution in [0.1, 0.15) is 30.3 Å². The maximum atomic E-state index is 12.8. The summed E-state index contributed by atoms with van der Waals surface area (Å²) < 4.78 is 4.18. The molecule has 0 aliphatic carbocycles. The van der Waals surface area contributed by atoms with Crippen molar-refractivity contribution in [3.05, 3.63) is 62.1 Å². The average molecular weight is 360 g/mol. The molecule has 0 atom stereocenters. The third-order valence-electron chi connectivity index (χ3n) is 4.28. The van der Waals surface area contributed by atoms with E-state index in [1.54, 1.807) is 11.6 Å². The first-order chi connectivity index (χ1) is 13.0. The zero-order valence-corrected chi connectivity index (χ0v) is 15.6. The second-order valence-corrected chi connectivity index (χ2v) is 6.32. The lowest BCUT2D eigenvalue weighted by Gasteiger charge is -2.08. The van der Waals surface area contributed by atoms with Crippen LogP contribution in [0.2, 0.25) is 0 Å². The van der Waals surface area contributed by atoms with E-state index in [0.29, 0.717) is 23.5 Å². The summed E-state index contributed by atoms with van der Waals surface area (Å²) in [6.07, 6.45) is 6.06. The smallest absolute Gasteiger partial charge is 0.314 e. The summed E-state index contributed by atoms with van der Waals surface area (Å²) in [6, 6.07) is 7.82. The molecule has 0 fully saturated rings. The molecule has 0 saturated heterocycles. The van der Waals surface area contributed by atoms with Gasteiger partial charge in [-0.25, -0.2) is 14.3 Å². The normalized spacial score (nSPS) is 10.4. The highest BCUT2D eigenvalue weighted by Crippen LogP contribution is 2.10. The maximum absolute atomic E-state index is 12.8. The van der Waals surface area contributed by atoms with Gasteiger partial charge in [0.1, 0.15) is 0 Å². The van der Waals surface area contributed by atoms with Crippen LogP contribution in [0.15, 0.2) is 33.9 Å². The van der Waals surface area contributed by atoms with Gasteiger partial charge in [-0.15, -0.1) is 6.42 Å². The molecule has 0 unspecified atom stereocenters. The van der Waals surface area contributed by atoms with Crippen LogP contribution in [0, 0.1) is 31.1 Å². The average Bonchev–Trinajstić information content (AvgIpc) is 2.97. The standard InChI is InChI=1S/C21H20N4O2/c1-5-12-24-19-18(20(26)25(13-6-2)21(24)27)23(4)17(22-19)11-10-16-9-7-8-15(3)14-16/h2,7-9,14H,5,12-13H2,1,3-4H3. The largest absolute Gasteiger partial charge is 0.333 e. The highest BCUT2D eigenvalue weighted by Gasteiger charge is 2.18. The van der Waals surface area contributed by atoms with E-state index in [0.717, 1.165) is 22.1 Å². The molecule has 136 valence electrons. The van der Waals surface area contributed by atoms with Crippen molar-refractivity contribution in [2.75, 3.05) is 0 Å². The lowest BCUT2D eigenvalue weighted by atomic mass is 10.1. The lowest BCUT2D eigenvalue weighted by Crippen LogP contribution is -2.40. The van der Waals surface area contributed by atoms with Gasteiger partial charge in [0.25, 0.3) is 5.56 Å². The Bertz CT molecular complexity index is 1240. The Hall–Kier alpha value is -3.51. The molecule has 1 aromatic carbocycles. The van der Waals surface area contributed by atoms with E-state index in [1.807, 2.05) is 38.1 Å². The van der Waals surface area contributed by atoms with Gasteiger partial charge in [0.15, 0.2) is 17.0 Å². The molecule has 27 heavy (non-hydrogen) atoms. The van der Waals surface area contributed by atoms with Gasteiger partial charge in [-0.05, 0) is 37.0 Å². The van der Waals surface area contributed by atoms with Gasteiger partial charge in [-0.2, -0.15) is 0 Å². The zero-order chi connectivity index (χ0) is 19.6. The quantitative estimate of drug-likeness (QED) is 0.667. The van der Waals surface area contributed by atoms with E-state index in [4.69, 9.17) is 6.42 Å². The number of imidazole rings is 1. The van der Waals surface area contributed by atoms with Crippen LogP contribution >= 0.6 is 0 Å². The van der Waals surface area contributed by atoms with Gasteiger partial charge in [-0.3, -0.25) is 9.36 Å². The zero-order valence-electron chi connectivity index (χ0n) is 15.6. The molecular weight excluding hydrogens is 340 g/mol. The van der Waals surface area contributed by atoms with E-state index < -0.39 is 11.2 Å². The molecule has 0 amide bonds. The Kier molecular flexibility index (Phi) is 5.00. The highest BCUT2D eigenvalue weighted by molar-refractivity contribution is 5.72. The number of hydrogen-bond acceptors (Lipinski definition) is 3. The van der Waals surface area contributed by atoms with Crippen molar-refractivity contribution >= 4 is 11.2 Å². The second-order valence-electron chi connectivity index (χ2n) is 6.32. The van der Waals surface area contributed by atoms with Crippen LogP contribution in [-0.4, -0.2) is 18.7 Å². The third kappa shape index (κ3) is 3.30. The predicted molar refractivity (Wildman–Crippen MR) is 106 cm³/mol. The Labute approximate surface area is 157 Å². The fourth-order valence-corrected chi connectivity index (χ4v) is 2.98. The number of rotatable bonds is 3. The summed E-state index contributed by atoms with van der Waals surface area (Å²) in [5.74, 6) is 8.87. The van der Waals surface area contributed by atoms with Crippen molar-refractivity contribution in [1.29, 1.82) is 0 Å². The summed E-state index contributed by atoms with van der Waals surface area (Å²) >= 11 is 0. The molecule has 0 aliphatic heterocycles. The minimum Gasteiger partial charge on any atom is -0.314 e. The molecule has 0 saturated carbocycles. The van der Waals surface area contributed by atoms with Gasteiger partial charge in [0.2, 0.25) is 0 Å². The van der Waals surface area contributed by atoms with Crippen molar-refractivity contribution in [3.63, 3.8) is 0 Å². The Balaban J connectivity index is 2.27. The molecule has 2 heterocycles. The number of benzene rings is 1. The SMILES string of the molecule is C#CCn1c(=O)c2c(nc(C#Cc3cccc(C)c3)n2C)n(CCC)c1=O. The molecule has 3 aromatic rings. The topological polar surface area (TPSA) is 61.8 Å². The predicted octanol–water partition coefficient (Wildman–Crippen LogP) is 1.65. The van der Waals surface area contributed by atoms with Gasteiger partial charge >= 0.3 is 5.69 Å². The molecule has 0 aliphatic rings. The van der Waals surface area contributed by atoms with Crippen LogP contribution in [-0.2, 0) is 20.1 Å². The van der Waals surface area contributed by atoms with Crippen molar-refractivity contribution in [1.82, 2.24) is 18.7 Å². The fourth-order valence-electron chi connectivity index (χ4n) is 2.98. The summed E-state index contributed by atoms with van der Waals surface area (Å²) in [6.45, 7) is 4.32. The monoisotopic (exact) mass is 360 g/mol. The molecule has 0 bridgehead atoms. The maximum Gasteiger partial charge on any atom is 0.333 e. The molecule has 0 spiro atoms. The van der Waals surface area contributed by atoms with E-state index >= 15 is 0 Å². The third-order valence-corrected chi connectivity index (χ3v) is 4.28. The van der Waals surface area contributed by atoms with E-state index in [1.165, 1.54) is 4.57 Å². The summed E-state index contributed by atoms with van der Waals surface area (Å²) in [4.78, 5) is 29.9. The minimum atomic E-state index is -0.445. The second kappa shape index (κ2) is 7.39. The van der Waals surface area contributed by atoms with E-state index in [9.17, 15) is 9.59 Å². The number of terminal acetylenes is 1. The Morgan fingerprint density at radius 1 is 1.19 bits per heavy atom. The summed E-state index contributed by atoms with van der Waals surface area (Å²) in [5.41, 5.74) is 1.75. The first-order valence-electron chi connectivity index (χ1n) is 8.70. The number of aromatic nitrogens is 4. The first-order valence-corrected chi connectivity index (χ1v) is 8.70. The Morgan fingerprint density at radius 3 is 2.63 bits per heavy atom. The molecule has 0 radical (unpaired) electrons. The van der Waals surface area contributed by atoms with Gasteiger partial charge in [-0.1, -0.05) is 30.9 Å². The first kappa shape index (κ1) is 18.3. The Morgan fingerprint density at radius 2 is 1.96 bits per heavy atom. The summed E-state index contributed by atoms with van der Waals surface area (Å²) in [5, 5.41) is 0. The van der Waals surface area contributed by atoms with Crippen molar-refractivity contribution in [3.8, 4) is 24.2 Å². The number of hydrogen-bond donors (Lipinski definition) is 0. The van der Waals surface area contributed by atoms with Crippen molar-refractivity contribution < 1.29 is 0 Å². The molecule has 6 heteroatoms. The minimum absolute atomic E-state index is 0.0766. The van der Waals surface area contributed by atoms with Crippen molar-refractivity contribution in [2.24, 2.45) is 7.05 Å². The van der Waals surface area contributed by atoms with Gasteiger partial charge in [0.05, 0.1) is 6.54 Å². The highest BCUT2D eigenvalue weighted by atomic mass is 16.2. The van der Waals surface area contributed by atoms with E-state index in [-0.39, 0.29) is 6.54 Å². The van der Waals surface area contributed by atoms with Crippen LogP contribution in [0.5, 0.6) is 0 Å². The molecule has 6 nitrogen and oxygen atoms in total. The van der Waals surface area contributed by atoms with E-state index in [2.05, 4.69) is 22.7 Å². The molecule has 2 aromatic heterocycles.